The minimum atomic E-state index is -1.08. The molecule has 0 radical (unpaired) electrons. The fraction of sp³-hybridized carbons (Fsp3) is 0.250. The normalized spacial score (nSPS) is 9.28. The number of aromatic nitrogens is 1. The quantitative estimate of drug-likeness (QED) is 0.301. The van der Waals surface area contributed by atoms with Crippen molar-refractivity contribution in [3.63, 3.8) is 0 Å². The van der Waals surface area contributed by atoms with E-state index in [1.54, 1.807) is 25.1 Å². The van der Waals surface area contributed by atoms with Crippen LogP contribution in [0.15, 0.2) is 53.6 Å². The van der Waals surface area contributed by atoms with Gasteiger partial charge in [0.2, 0.25) is 0 Å². The van der Waals surface area contributed by atoms with E-state index < -0.39 is 10.4 Å². The lowest BCUT2D eigenvalue weighted by molar-refractivity contribution is 0.603. The summed E-state index contributed by atoms with van der Waals surface area (Å²) in [7, 11) is -1.08. The summed E-state index contributed by atoms with van der Waals surface area (Å²) in [6.07, 6.45) is 3.30. The van der Waals surface area contributed by atoms with Crippen LogP contribution in [0.25, 0.3) is 10.9 Å². The molecular weight excluding hydrogens is 357 g/mol. The minimum Gasteiger partial charge on any atom is -0.457 e. The number of rotatable bonds is 1. The number of hydrogen-bond donors (Lipinski definition) is 1. The standard InChI is InChI=1S/C10H10FN.C7H7OS.C2H6.CH3Cl/c1-6-3-4-8-7(2)5-12-10(8)9(6)11;1-9(8)7-5-3-2-4-6-7;2*1-2/h3-5,12H,1-2H3;2-6H,1H2;1-2H3;1H3/q;-1;;. The SMILES string of the molecule is C=[S-](=O)c1ccccc1.CC.CCl.Cc1ccc2c(C)c[nH]c2c1F. The summed E-state index contributed by atoms with van der Waals surface area (Å²) in [6, 6.07) is 12.9. The lowest BCUT2D eigenvalue weighted by Gasteiger charge is -1.98. The zero-order valence-corrected chi connectivity index (χ0v) is 17.0. The van der Waals surface area contributed by atoms with Gasteiger partial charge in [-0.05, 0) is 25.0 Å². The third kappa shape index (κ3) is 6.92. The zero-order chi connectivity index (χ0) is 19.4. The van der Waals surface area contributed by atoms with Crippen LogP contribution < -0.4 is 0 Å². The number of fused-ring (bicyclic) bond motifs is 1. The Morgan fingerprint density at radius 2 is 1.56 bits per heavy atom. The largest absolute Gasteiger partial charge is 0.457 e. The van der Waals surface area contributed by atoms with E-state index in [-0.39, 0.29) is 5.82 Å². The number of aryl methyl sites for hydroxylation is 2. The predicted octanol–water partition coefficient (Wildman–Crippen LogP) is 6.25. The van der Waals surface area contributed by atoms with Gasteiger partial charge in [-0.25, -0.2) is 4.39 Å². The number of nitrogens with one attached hydrogen (secondary N) is 1. The van der Waals surface area contributed by atoms with Crippen LogP contribution in [0.3, 0.4) is 0 Å². The van der Waals surface area contributed by atoms with Crippen LogP contribution in [-0.4, -0.2) is 17.2 Å². The van der Waals surface area contributed by atoms with Crippen molar-refractivity contribution in [2.45, 2.75) is 32.6 Å². The van der Waals surface area contributed by atoms with Crippen LogP contribution in [0.1, 0.15) is 25.0 Å². The van der Waals surface area contributed by atoms with Crippen molar-refractivity contribution < 1.29 is 8.60 Å². The minimum absolute atomic E-state index is 0.138. The number of aromatic amines is 1. The van der Waals surface area contributed by atoms with Crippen molar-refractivity contribution in [1.82, 2.24) is 4.98 Å². The van der Waals surface area contributed by atoms with Gasteiger partial charge in [0.1, 0.15) is 5.82 Å². The number of H-pyrrole nitrogens is 1. The van der Waals surface area contributed by atoms with Gasteiger partial charge < -0.3 is 9.19 Å². The molecule has 0 saturated carbocycles. The summed E-state index contributed by atoms with van der Waals surface area (Å²) in [6.45, 7) is 7.73. The molecular formula is C20H26ClFNOS-. The molecule has 0 aliphatic rings. The molecule has 0 aliphatic heterocycles. The van der Waals surface area contributed by atoms with Crippen LogP contribution in [0.2, 0.25) is 0 Å². The second-order valence-corrected chi connectivity index (χ2v) is 5.91. The summed E-state index contributed by atoms with van der Waals surface area (Å²) >= 11 is 4.64. The van der Waals surface area contributed by atoms with E-state index in [4.69, 9.17) is 0 Å². The summed E-state index contributed by atoms with van der Waals surface area (Å²) in [5, 5.41) is 0.970. The van der Waals surface area contributed by atoms with E-state index in [9.17, 15) is 8.60 Å². The summed E-state index contributed by atoms with van der Waals surface area (Å²) < 4.78 is 24.0. The van der Waals surface area contributed by atoms with Gasteiger partial charge in [-0.3, -0.25) is 10.4 Å². The molecule has 0 atom stereocenters. The first kappa shape index (κ1) is 23.2. The lowest BCUT2D eigenvalue weighted by atomic mass is 10.1. The topological polar surface area (TPSA) is 32.9 Å². The zero-order valence-electron chi connectivity index (χ0n) is 15.4. The second-order valence-electron chi connectivity index (χ2n) is 4.75. The molecule has 1 aromatic heterocycles. The van der Waals surface area contributed by atoms with Crippen LogP contribution in [0.4, 0.5) is 4.39 Å². The fourth-order valence-electron chi connectivity index (χ4n) is 1.98. The molecule has 1 heterocycles. The molecule has 0 unspecified atom stereocenters. The Bertz CT molecular complexity index is 818. The van der Waals surface area contributed by atoms with Crippen molar-refractivity contribution in [2.75, 3.05) is 6.38 Å². The fourth-order valence-corrected chi connectivity index (χ4v) is 2.44. The smallest absolute Gasteiger partial charge is 0.150 e. The van der Waals surface area contributed by atoms with Crippen molar-refractivity contribution in [2.24, 2.45) is 0 Å². The maximum absolute atomic E-state index is 13.4. The highest BCUT2D eigenvalue weighted by molar-refractivity contribution is 7.82. The maximum Gasteiger partial charge on any atom is 0.150 e. The van der Waals surface area contributed by atoms with Gasteiger partial charge in [0, 0.05) is 18.0 Å². The third-order valence-electron chi connectivity index (χ3n) is 3.20. The van der Waals surface area contributed by atoms with E-state index in [0.29, 0.717) is 11.1 Å². The van der Waals surface area contributed by atoms with Crippen LogP contribution in [-0.2, 0) is 14.6 Å². The molecule has 2 aromatic carbocycles. The van der Waals surface area contributed by atoms with Gasteiger partial charge >= 0.3 is 0 Å². The Balaban J connectivity index is 0.000000396. The molecule has 5 heteroatoms. The molecule has 3 rings (SSSR count). The van der Waals surface area contributed by atoms with Crippen LogP contribution in [0, 0.1) is 19.7 Å². The summed E-state index contributed by atoms with van der Waals surface area (Å²) in [5.41, 5.74) is 2.39. The monoisotopic (exact) mass is 382 g/mol. The Hall–Kier alpha value is -1.78. The van der Waals surface area contributed by atoms with Gasteiger partial charge in [-0.15, -0.1) is 16.5 Å². The van der Waals surface area contributed by atoms with E-state index in [2.05, 4.69) is 22.5 Å². The van der Waals surface area contributed by atoms with Gasteiger partial charge in [0.05, 0.1) is 5.52 Å². The van der Waals surface area contributed by atoms with E-state index in [1.165, 1.54) is 6.38 Å². The van der Waals surface area contributed by atoms with Gasteiger partial charge in [-0.1, -0.05) is 56.3 Å². The maximum atomic E-state index is 13.4. The summed E-state index contributed by atoms with van der Waals surface area (Å²) in [5.74, 6) is 3.24. The second kappa shape index (κ2) is 12.6. The third-order valence-corrected chi connectivity index (χ3v) is 4.00. The van der Waals surface area contributed by atoms with Gasteiger partial charge in [0.25, 0.3) is 0 Å². The van der Waals surface area contributed by atoms with Crippen molar-refractivity contribution in [1.29, 1.82) is 0 Å². The van der Waals surface area contributed by atoms with Crippen LogP contribution in [0.5, 0.6) is 0 Å². The molecule has 3 aromatic rings. The molecule has 0 aliphatic carbocycles. The number of alkyl halides is 1. The predicted molar refractivity (Wildman–Crippen MR) is 111 cm³/mol. The highest BCUT2D eigenvalue weighted by Crippen LogP contribution is 2.22. The molecule has 0 saturated heterocycles. The van der Waals surface area contributed by atoms with Gasteiger partial charge in [0.15, 0.2) is 0 Å². The molecule has 0 bridgehead atoms. The number of benzene rings is 2. The number of hydrogen-bond acceptors (Lipinski definition) is 2. The first-order chi connectivity index (χ1) is 12.0. The average molecular weight is 383 g/mol. The molecule has 2 nitrogen and oxygen atoms in total. The van der Waals surface area contributed by atoms with E-state index in [0.717, 1.165) is 15.8 Å². The Labute approximate surface area is 157 Å². The molecule has 0 amide bonds. The van der Waals surface area contributed by atoms with Crippen molar-refractivity contribution in [3.8, 4) is 0 Å². The highest BCUT2D eigenvalue weighted by Gasteiger charge is 2.06. The Kier molecular flexibility index (Phi) is 11.7. The number of halogens is 2. The lowest BCUT2D eigenvalue weighted by Crippen LogP contribution is -1.83. The van der Waals surface area contributed by atoms with Crippen molar-refractivity contribution in [3.05, 3.63) is 65.6 Å². The molecule has 0 spiro atoms. The van der Waals surface area contributed by atoms with Gasteiger partial charge in [-0.2, -0.15) is 5.87 Å². The van der Waals surface area contributed by atoms with E-state index >= 15 is 0 Å². The average Bonchev–Trinajstić information content (AvgIpc) is 3.04. The Morgan fingerprint density at radius 3 is 2.04 bits per heavy atom. The molecule has 1 N–H and O–H groups in total. The Morgan fingerprint density at radius 1 is 1.00 bits per heavy atom. The van der Waals surface area contributed by atoms with Crippen LogP contribution >= 0.6 is 11.6 Å². The molecule has 138 valence electrons. The first-order valence-corrected chi connectivity index (χ1v) is 9.95. The molecule has 25 heavy (non-hydrogen) atoms. The highest BCUT2D eigenvalue weighted by atomic mass is 35.5. The summed E-state index contributed by atoms with van der Waals surface area (Å²) in [4.78, 5) is 3.70. The van der Waals surface area contributed by atoms with E-state index in [1.807, 2.05) is 51.2 Å². The first-order valence-electron chi connectivity index (χ1n) is 7.88. The van der Waals surface area contributed by atoms with Crippen molar-refractivity contribution >= 4 is 38.8 Å². The molecule has 0 fully saturated rings.